The number of primary amides is 1. The lowest BCUT2D eigenvalue weighted by molar-refractivity contribution is -0.137. The molecular weight excluding hydrogens is 327 g/mol. The Morgan fingerprint density at radius 2 is 1.88 bits per heavy atom. The van der Waals surface area contributed by atoms with Gasteiger partial charge in [-0.25, -0.2) is 0 Å². The van der Waals surface area contributed by atoms with Crippen molar-refractivity contribution in [2.24, 2.45) is 5.73 Å². The number of halogens is 3. The number of hydrogen-bond donors (Lipinski definition) is 3. The molecule has 0 saturated heterocycles. The van der Waals surface area contributed by atoms with Crippen LogP contribution in [0.25, 0.3) is 0 Å². The first kappa shape index (κ1) is 19.4. The number of nitrogens with two attached hydrogens (primary N) is 1. The van der Waals surface area contributed by atoms with Gasteiger partial charge in [-0.2, -0.15) is 18.4 Å². The predicted molar refractivity (Wildman–Crippen MR) is 77.0 cm³/mol. The van der Waals surface area contributed by atoms with Gasteiger partial charge in [-0.1, -0.05) is 12.1 Å². The summed E-state index contributed by atoms with van der Waals surface area (Å²) in [7, 11) is 0. The van der Waals surface area contributed by atoms with E-state index in [1.165, 1.54) is 0 Å². The smallest absolute Gasteiger partial charge is 0.378 e. The third kappa shape index (κ3) is 5.55. The zero-order valence-electron chi connectivity index (χ0n) is 12.5. The molecule has 0 aliphatic rings. The van der Waals surface area contributed by atoms with Gasteiger partial charge in [0.05, 0.1) is 11.6 Å². The van der Waals surface area contributed by atoms with E-state index in [9.17, 15) is 27.9 Å². The number of nitrogens with one attached hydrogen (secondary N) is 1. The Morgan fingerprint density at radius 1 is 1.29 bits per heavy atom. The maximum absolute atomic E-state index is 12.5. The minimum atomic E-state index is -4.52. The molecule has 2 amide bonds. The molecular formula is C15H16F3N3O3. The van der Waals surface area contributed by atoms with Crippen LogP contribution >= 0.6 is 0 Å². The topological polar surface area (TPSA) is 116 Å². The summed E-state index contributed by atoms with van der Waals surface area (Å²) in [5.74, 6) is -1.79. The van der Waals surface area contributed by atoms with Gasteiger partial charge in [-0.3, -0.25) is 9.59 Å². The van der Waals surface area contributed by atoms with Gasteiger partial charge in [0.15, 0.2) is 6.10 Å². The normalized spacial score (nSPS) is 13.6. The van der Waals surface area contributed by atoms with Crippen molar-refractivity contribution in [1.29, 1.82) is 5.26 Å². The van der Waals surface area contributed by atoms with Gasteiger partial charge in [0, 0.05) is 6.42 Å². The van der Waals surface area contributed by atoms with Crippen LogP contribution in [0.15, 0.2) is 24.3 Å². The molecule has 0 aliphatic heterocycles. The highest BCUT2D eigenvalue weighted by molar-refractivity contribution is 5.88. The highest BCUT2D eigenvalue weighted by Gasteiger charge is 2.31. The second kappa shape index (κ2) is 8.31. The summed E-state index contributed by atoms with van der Waals surface area (Å²) in [6.07, 6.45) is -5.66. The monoisotopic (exact) mass is 343 g/mol. The molecule has 0 radical (unpaired) electrons. The first-order chi connectivity index (χ1) is 11.2. The number of aliphatic hydroxyl groups is 1. The van der Waals surface area contributed by atoms with Gasteiger partial charge in [0.1, 0.15) is 6.04 Å². The summed E-state index contributed by atoms with van der Waals surface area (Å²) in [6.45, 7) is 0. The first-order valence-electron chi connectivity index (χ1n) is 6.98. The number of nitriles is 1. The lowest BCUT2D eigenvalue weighted by Gasteiger charge is -2.18. The zero-order chi connectivity index (χ0) is 18.3. The van der Waals surface area contributed by atoms with E-state index in [4.69, 9.17) is 11.0 Å². The van der Waals surface area contributed by atoms with Gasteiger partial charge in [-0.15, -0.1) is 0 Å². The molecule has 6 nitrogen and oxygen atoms in total. The van der Waals surface area contributed by atoms with Crippen LogP contribution in [-0.4, -0.2) is 23.0 Å². The van der Waals surface area contributed by atoms with Crippen molar-refractivity contribution in [2.45, 2.75) is 37.6 Å². The van der Waals surface area contributed by atoms with E-state index < -0.39 is 35.7 Å². The molecule has 0 fully saturated rings. The molecule has 0 bridgehead atoms. The summed E-state index contributed by atoms with van der Waals surface area (Å²) < 4.78 is 37.4. The highest BCUT2D eigenvalue weighted by atomic mass is 19.4. The quantitative estimate of drug-likeness (QED) is 0.649. The summed E-state index contributed by atoms with van der Waals surface area (Å²) in [4.78, 5) is 23.2. The van der Waals surface area contributed by atoms with E-state index in [2.05, 4.69) is 5.32 Å². The Hall–Kier alpha value is -2.60. The largest absolute Gasteiger partial charge is 0.416 e. The fraction of sp³-hybridized carbons (Fsp3) is 0.400. The highest BCUT2D eigenvalue weighted by Crippen LogP contribution is 2.29. The van der Waals surface area contributed by atoms with Crippen LogP contribution in [-0.2, 0) is 15.8 Å². The average Bonchev–Trinajstić information content (AvgIpc) is 2.52. The fourth-order valence-corrected chi connectivity index (χ4v) is 1.93. The van der Waals surface area contributed by atoms with Crippen molar-refractivity contribution in [2.75, 3.05) is 0 Å². The number of alkyl halides is 3. The Bertz CT molecular complexity index is 624. The van der Waals surface area contributed by atoms with Crippen LogP contribution in [0, 0.1) is 11.3 Å². The van der Waals surface area contributed by atoms with Gasteiger partial charge in [-0.05, 0) is 30.5 Å². The van der Waals surface area contributed by atoms with Gasteiger partial charge in [0.2, 0.25) is 5.91 Å². The van der Waals surface area contributed by atoms with Crippen molar-refractivity contribution in [3.05, 3.63) is 35.4 Å². The van der Waals surface area contributed by atoms with E-state index in [0.717, 1.165) is 24.3 Å². The number of nitrogens with zero attached hydrogens (tertiary/aromatic N) is 1. The minimum Gasteiger partial charge on any atom is -0.378 e. The molecule has 0 spiro atoms. The Kier molecular flexibility index (Phi) is 6.73. The van der Waals surface area contributed by atoms with Crippen LogP contribution in [0.4, 0.5) is 13.2 Å². The minimum absolute atomic E-state index is 0.0549. The van der Waals surface area contributed by atoms with E-state index >= 15 is 0 Å². The molecule has 4 N–H and O–H groups in total. The molecule has 0 heterocycles. The number of amides is 2. The van der Waals surface area contributed by atoms with Gasteiger partial charge >= 0.3 is 6.18 Å². The lowest BCUT2D eigenvalue weighted by Crippen LogP contribution is -2.46. The fourth-order valence-electron chi connectivity index (χ4n) is 1.93. The third-order valence-electron chi connectivity index (χ3n) is 3.24. The van der Waals surface area contributed by atoms with Crippen LogP contribution in [0.5, 0.6) is 0 Å². The number of aliphatic hydroxyl groups excluding tert-OH is 1. The third-order valence-corrected chi connectivity index (χ3v) is 3.24. The van der Waals surface area contributed by atoms with E-state index in [1.807, 2.05) is 6.07 Å². The standard InChI is InChI=1S/C15H16F3N3O3/c16-15(17,18)10-6-4-9(5-7-10)12(22)14(24)21-11(13(20)23)3-1-2-8-19/h4-7,11-12,22H,1-3H2,(H2,20,23)(H,21,24)/t11-,12+/m1/s1. The molecule has 0 saturated carbocycles. The summed E-state index contributed by atoms with van der Waals surface area (Å²) >= 11 is 0. The number of benzene rings is 1. The van der Waals surface area contributed by atoms with Crippen molar-refractivity contribution in [1.82, 2.24) is 5.32 Å². The second-order valence-electron chi connectivity index (χ2n) is 5.04. The molecule has 2 atom stereocenters. The van der Waals surface area contributed by atoms with E-state index in [1.54, 1.807) is 0 Å². The molecule has 130 valence electrons. The lowest BCUT2D eigenvalue weighted by atomic mass is 10.0. The molecule has 1 rings (SSSR count). The van der Waals surface area contributed by atoms with Crippen LogP contribution in [0.3, 0.4) is 0 Å². The molecule has 1 aromatic rings. The summed E-state index contributed by atoms with van der Waals surface area (Å²) in [5.41, 5.74) is 4.16. The van der Waals surface area contributed by atoms with E-state index in [-0.39, 0.29) is 18.4 Å². The first-order valence-corrected chi connectivity index (χ1v) is 6.98. The van der Waals surface area contributed by atoms with Crippen LogP contribution < -0.4 is 11.1 Å². The number of hydrogen-bond acceptors (Lipinski definition) is 4. The Morgan fingerprint density at radius 3 is 2.33 bits per heavy atom. The molecule has 9 heteroatoms. The average molecular weight is 343 g/mol. The van der Waals surface area contributed by atoms with Crippen LogP contribution in [0.1, 0.15) is 36.5 Å². The molecule has 0 unspecified atom stereocenters. The maximum atomic E-state index is 12.5. The predicted octanol–water partition coefficient (Wildman–Crippen LogP) is 1.40. The van der Waals surface area contributed by atoms with E-state index in [0.29, 0.717) is 6.42 Å². The van der Waals surface area contributed by atoms with Gasteiger partial charge < -0.3 is 16.2 Å². The van der Waals surface area contributed by atoms with Crippen molar-refractivity contribution in [3.63, 3.8) is 0 Å². The number of carbonyl (C=O) groups excluding carboxylic acids is 2. The molecule has 1 aromatic carbocycles. The van der Waals surface area contributed by atoms with Crippen LogP contribution in [0.2, 0.25) is 0 Å². The molecule has 0 aliphatic carbocycles. The second-order valence-corrected chi connectivity index (χ2v) is 5.04. The summed E-state index contributed by atoms with van der Waals surface area (Å²) in [6, 6.07) is 4.23. The van der Waals surface area contributed by atoms with Gasteiger partial charge in [0.25, 0.3) is 5.91 Å². The van der Waals surface area contributed by atoms with Crippen molar-refractivity contribution >= 4 is 11.8 Å². The number of carbonyl (C=O) groups is 2. The zero-order valence-corrected chi connectivity index (χ0v) is 12.5. The van der Waals surface area contributed by atoms with Crippen molar-refractivity contribution in [3.8, 4) is 6.07 Å². The Balaban J connectivity index is 2.75. The molecule has 0 aromatic heterocycles. The Labute approximate surface area is 136 Å². The SMILES string of the molecule is N#CCCC[C@@H](NC(=O)[C@@H](O)c1ccc(C(F)(F)F)cc1)C(N)=O. The summed E-state index contributed by atoms with van der Waals surface area (Å²) in [5, 5.41) is 20.6. The van der Waals surface area contributed by atoms with Crippen molar-refractivity contribution < 1.29 is 27.9 Å². The number of unbranched alkanes of at least 4 members (excludes halogenated alkanes) is 1. The number of rotatable bonds is 7. The maximum Gasteiger partial charge on any atom is 0.416 e. The molecule has 24 heavy (non-hydrogen) atoms.